The van der Waals surface area contributed by atoms with E-state index < -0.39 is 0 Å². The molecule has 1 aromatic heterocycles. The Balaban J connectivity index is 2.30. The monoisotopic (exact) mass is 305 g/mol. The molecule has 2 aromatic rings. The molecule has 0 radical (unpaired) electrons. The van der Waals surface area contributed by atoms with Crippen molar-refractivity contribution in [3.8, 4) is 5.75 Å². The van der Waals surface area contributed by atoms with Crippen molar-refractivity contribution in [2.75, 3.05) is 6.61 Å². The van der Waals surface area contributed by atoms with Crippen molar-refractivity contribution in [1.82, 2.24) is 10.4 Å². The van der Waals surface area contributed by atoms with E-state index in [1.54, 1.807) is 12.4 Å². The number of halogens is 1. The summed E-state index contributed by atoms with van der Waals surface area (Å²) in [6.45, 7) is 4.71. The van der Waals surface area contributed by atoms with Crippen LogP contribution in [0.2, 0.25) is 5.02 Å². The van der Waals surface area contributed by atoms with Gasteiger partial charge in [0.15, 0.2) is 0 Å². The Morgan fingerprint density at radius 2 is 2.10 bits per heavy atom. The maximum atomic E-state index is 6.07. The second kappa shape index (κ2) is 7.41. The van der Waals surface area contributed by atoms with Gasteiger partial charge in [0.05, 0.1) is 18.8 Å². The molecule has 3 N–H and O–H groups in total. The number of pyridine rings is 1. The van der Waals surface area contributed by atoms with Crippen LogP contribution in [0.3, 0.4) is 0 Å². The molecule has 112 valence electrons. The molecule has 1 atom stereocenters. The number of aryl methyl sites for hydroxylation is 1. The predicted molar refractivity (Wildman–Crippen MR) is 85.4 cm³/mol. The van der Waals surface area contributed by atoms with Crippen LogP contribution in [-0.2, 0) is 0 Å². The SMILES string of the molecule is CCCOc1cncc(C(NN)c2ccc(Cl)c(C)c2)c1. The number of benzene rings is 1. The summed E-state index contributed by atoms with van der Waals surface area (Å²) in [5, 5.41) is 0.743. The maximum Gasteiger partial charge on any atom is 0.137 e. The van der Waals surface area contributed by atoms with E-state index in [0.29, 0.717) is 6.61 Å². The average molecular weight is 306 g/mol. The molecular formula is C16H20ClN3O. The lowest BCUT2D eigenvalue weighted by Gasteiger charge is -2.18. The van der Waals surface area contributed by atoms with Gasteiger partial charge in [-0.05, 0) is 42.2 Å². The highest BCUT2D eigenvalue weighted by Crippen LogP contribution is 2.26. The van der Waals surface area contributed by atoms with Crippen LogP contribution in [0.15, 0.2) is 36.7 Å². The van der Waals surface area contributed by atoms with Gasteiger partial charge in [0.2, 0.25) is 0 Å². The smallest absolute Gasteiger partial charge is 0.137 e. The second-order valence-electron chi connectivity index (χ2n) is 4.91. The summed E-state index contributed by atoms with van der Waals surface area (Å²) in [4.78, 5) is 4.23. The third-order valence-corrected chi connectivity index (χ3v) is 3.65. The number of nitrogens with one attached hydrogen (secondary N) is 1. The van der Waals surface area contributed by atoms with E-state index in [9.17, 15) is 0 Å². The molecule has 5 heteroatoms. The topological polar surface area (TPSA) is 60.2 Å². The van der Waals surface area contributed by atoms with Crippen LogP contribution < -0.4 is 16.0 Å². The fourth-order valence-corrected chi connectivity index (χ4v) is 2.24. The molecule has 0 amide bonds. The maximum absolute atomic E-state index is 6.07. The summed E-state index contributed by atoms with van der Waals surface area (Å²) in [6, 6.07) is 7.66. The van der Waals surface area contributed by atoms with Gasteiger partial charge in [-0.2, -0.15) is 0 Å². The van der Waals surface area contributed by atoms with Crippen LogP contribution in [0.25, 0.3) is 0 Å². The van der Waals surface area contributed by atoms with Gasteiger partial charge in [-0.1, -0.05) is 30.7 Å². The molecule has 0 aliphatic carbocycles. The Hall–Kier alpha value is -1.62. The highest BCUT2D eigenvalue weighted by atomic mass is 35.5. The van der Waals surface area contributed by atoms with Crippen molar-refractivity contribution in [1.29, 1.82) is 0 Å². The summed E-state index contributed by atoms with van der Waals surface area (Å²) in [5.74, 6) is 6.47. The quantitative estimate of drug-likeness (QED) is 0.634. The van der Waals surface area contributed by atoms with E-state index in [0.717, 1.165) is 33.9 Å². The minimum Gasteiger partial charge on any atom is -0.492 e. The molecule has 0 saturated heterocycles. The van der Waals surface area contributed by atoms with Crippen LogP contribution in [0.1, 0.15) is 36.1 Å². The summed E-state index contributed by atoms with van der Waals surface area (Å²) in [6.07, 6.45) is 4.45. The molecule has 0 aliphatic heterocycles. The Morgan fingerprint density at radius 3 is 2.76 bits per heavy atom. The van der Waals surface area contributed by atoms with Gasteiger partial charge in [0.1, 0.15) is 5.75 Å². The summed E-state index contributed by atoms with van der Waals surface area (Å²) >= 11 is 6.07. The van der Waals surface area contributed by atoms with E-state index >= 15 is 0 Å². The minimum absolute atomic E-state index is 0.154. The van der Waals surface area contributed by atoms with E-state index in [-0.39, 0.29) is 6.04 Å². The van der Waals surface area contributed by atoms with Gasteiger partial charge in [-0.25, -0.2) is 5.43 Å². The zero-order valence-corrected chi connectivity index (χ0v) is 13.0. The van der Waals surface area contributed by atoms with Crippen LogP contribution in [-0.4, -0.2) is 11.6 Å². The zero-order valence-electron chi connectivity index (χ0n) is 12.3. The number of hydrogen-bond donors (Lipinski definition) is 2. The van der Waals surface area contributed by atoms with E-state index in [2.05, 4.69) is 17.3 Å². The molecule has 0 spiro atoms. The highest BCUT2D eigenvalue weighted by Gasteiger charge is 2.14. The van der Waals surface area contributed by atoms with Crippen LogP contribution >= 0.6 is 11.6 Å². The minimum atomic E-state index is -0.154. The molecular weight excluding hydrogens is 286 g/mol. The average Bonchev–Trinajstić information content (AvgIpc) is 2.50. The third kappa shape index (κ3) is 3.94. The molecule has 1 aromatic carbocycles. The molecule has 0 fully saturated rings. The molecule has 4 nitrogen and oxygen atoms in total. The van der Waals surface area contributed by atoms with E-state index in [1.165, 1.54) is 0 Å². The van der Waals surface area contributed by atoms with Gasteiger partial charge < -0.3 is 4.74 Å². The molecule has 1 unspecified atom stereocenters. The standard InChI is InChI=1S/C16H20ClN3O/c1-3-6-21-14-8-13(9-19-10-14)16(20-18)12-4-5-15(17)11(2)7-12/h4-5,7-10,16,20H,3,6,18H2,1-2H3. The number of aromatic nitrogens is 1. The van der Waals surface area contributed by atoms with Crippen molar-refractivity contribution in [2.24, 2.45) is 5.84 Å². The van der Waals surface area contributed by atoms with Crippen molar-refractivity contribution in [3.63, 3.8) is 0 Å². The zero-order chi connectivity index (χ0) is 15.2. The fourth-order valence-electron chi connectivity index (χ4n) is 2.12. The van der Waals surface area contributed by atoms with Crippen molar-refractivity contribution in [3.05, 3.63) is 58.4 Å². The van der Waals surface area contributed by atoms with Gasteiger partial charge in [-0.3, -0.25) is 10.8 Å². The number of hydrazine groups is 1. The molecule has 0 saturated carbocycles. The number of hydrogen-bond acceptors (Lipinski definition) is 4. The van der Waals surface area contributed by atoms with Gasteiger partial charge in [-0.15, -0.1) is 0 Å². The van der Waals surface area contributed by atoms with E-state index in [1.807, 2.05) is 31.2 Å². The van der Waals surface area contributed by atoms with Gasteiger partial charge in [0, 0.05) is 11.2 Å². The van der Waals surface area contributed by atoms with E-state index in [4.69, 9.17) is 22.2 Å². The molecule has 0 aliphatic rings. The molecule has 1 heterocycles. The normalized spacial score (nSPS) is 12.2. The predicted octanol–water partition coefficient (Wildman–Crippen LogP) is 3.38. The molecule has 2 rings (SSSR count). The number of nitrogens with zero attached hydrogens (tertiary/aromatic N) is 1. The Morgan fingerprint density at radius 1 is 1.29 bits per heavy atom. The lowest BCUT2D eigenvalue weighted by molar-refractivity contribution is 0.315. The lowest BCUT2D eigenvalue weighted by atomic mass is 9.99. The highest BCUT2D eigenvalue weighted by molar-refractivity contribution is 6.31. The summed E-state index contributed by atoms with van der Waals surface area (Å²) < 4.78 is 5.62. The van der Waals surface area contributed by atoms with Crippen LogP contribution in [0.5, 0.6) is 5.75 Å². The number of ether oxygens (including phenoxy) is 1. The molecule has 21 heavy (non-hydrogen) atoms. The van der Waals surface area contributed by atoms with Gasteiger partial charge in [0.25, 0.3) is 0 Å². The summed E-state index contributed by atoms with van der Waals surface area (Å²) in [7, 11) is 0. The number of rotatable bonds is 6. The first-order valence-electron chi connectivity index (χ1n) is 6.95. The number of nitrogens with two attached hydrogens (primary N) is 1. The Kier molecular flexibility index (Phi) is 5.56. The van der Waals surface area contributed by atoms with Crippen molar-refractivity contribution < 1.29 is 4.74 Å². The Labute approximate surface area is 130 Å². The lowest BCUT2D eigenvalue weighted by Crippen LogP contribution is -2.29. The van der Waals surface area contributed by atoms with Crippen molar-refractivity contribution in [2.45, 2.75) is 26.3 Å². The Bertz CT molecular complexity index is 604. The van der Waals surface area contributed by atoms with Crippen LogP contribution in [0.4, 0.5) is 0 Å². The first-order chi connectivity index (χ1) is 10.2. The molecule has 0 bridgehead atoms. The summed E-state index contributed by atoms with van der Waals surface area (Å²) in [5.41, 5.74) is 5.83. The van der Waals surface area contributed by atoms with Crippen molar-refractivity contribution >= 4 is 11.6 Å². The second-order valence-corrected chi connectivity index (χ2v) is 5.32. The third-order valence-electron chi connectivity index (χ3n) is 3.22. The van der Waals surface area contributed by atoms with Gasteiger partial charge >= 0.3 is 0 Å². The van der Waals surface area contributed by atoms with Crippen LogP contribution in [0, 0.1) is 6.92 Å². The first-order valence-corrected chi connectivity index (χ1v) is 7.33. The fraction of sp³-hybridized carbons (Fsp3) is 0.312. The first kappa shape index (κ1) is 15.8. The largest absolute Gasteiger partial charge is 0.492 e.